The van der Waals surface area contributed by atoms with E-state index in [1.54, 1.807) is 6.26 Å². The molecule has 0 radical (unpaired) electrons. The maximum Gasteiger partial charge on any atom is 0.134 e. The fourth-order valence-electron chi connectivity index (χ4n) is 2.63. The van der Waals surface area contributed by atoms with Gasteiger partial charge in [-0.2, -0.15) is 0 Å². The summed E-state index contributed by atoms with van der Waals surface area (Å²) in [5, 5.41) is 11.5. The number of hydrogen-bond donors (Lipinski definition) is 1. The van der Waals surface area contributed by atoms with E-state index in [-0.39, 0.29) is 0 Å². The van der Waals surface area contributed by atoms with Crippen LogP contribution in [0.15, 0.2) is 59.2 Å². The standard InChI is InChI=1S/C19H20O2/c1-13(2)15-9-7-14(8-10-15)11-18(20)17-12-21-19-6-4-3-5-16(17)19/h3-10,12-13,18,20H,11H2,1-2H3. The molecule has 0 fully saturated rings. The van der Waals surface area contributed by atoms with Crippen LogP contribution >= 0.6 is 0 Å². The summed E-state index contributed by atoms with van der Waals surface area (Å²) in [5.41, 5.74) is 4.14. The fourth-order valence-corrected chi connectivity index (χ4v) is 2.63. The first-order valence-electron chi connectivity index (χ1n) is 7.38. The van der Waals surface area contributed by atoms with Crippen LogP contribution in [0, 0.1) is 0 Å². The minimum absolute atomic E-state index is 0.529. The summed E-state index contributed by atoms with van der Waals surface area (Å²) < 4.78 is 5.50. The topological polar surface area (TPSA) is 33.4 Å². The highest BCUT2D eigenvalue weighted by Crippen LogP contribution is 2.28. The zero-order chi connectivity index (χ0) is 14.8. The number of fused-ring (bicyclic) bond motifs is 1. The Bertz CT molecular complexity index is 723. The van der Waals surface area contributed by atoms with Crippen LogP contribution in [0.2, 0.25) is 0 Å². The van der Waals surface area contributed by atoms with E-state index in [1.807, 2.05) is 24.3 Å². The molecule has 0 bridgehead atoms. The summed E-state index contributed by atoms with van der Waals surface area (Å²) >= 11 is 0. The van der Waals surface area contributed by atoms with Crippen molar-refractivity contribution in [1.82, 2.24) is 0 Å². The van der Waals surface area contributed by atoms with E-state index in [9.17, 15) is 5.11 Å². The monoisotopic (exact) mass is 280 g/mol. The van der Waals surface area contributed by atoms with Crippen LogP contribution in [0.25, 0.3) is 11.0 Å². The summed E-state index contributed by atoms with van der Waals surface area (Å²) in [5.74, 6) is 0.529. The van der Waals surface area contributed by atoms with E-state index >= 15 is 0 Å². The number of aliphatic hydroxyl groups is 1. The molecule has 2 nitrogen and oxygen atoms in total. The number of rotatable bonds is 4. The molecule has 21 heavy (non-hydrogen) atoms. The number of furan rings is 1. The second kappa shape index (κ2) is 5.74. The smallest absolute Gasteiger partial charge is 0.134 e. The van der Waals surface area contributed by atoms with Crippen molar-refractivity contribution in [2.45, 2.75) is 32.3 Å². The first-order valence-corrected chi connectivity index (χ1v) is 7.38. The van der Waals surface area contributed by atoms with Crippen molar-refractivity contribution in [3.63, 3.8) is 0 Å². The summed E-state index contributed by atoms with van der Waals surface area (Å²) in [6.45, 7) is 4.36. The average molecular weight is 280 g/mol. The Balaban J connectivity index is 1.81. The van der Waals surface area contributed by atoms with E-state index in [2.05, 4.69) is 38.1 Å². The van der Waals surface area contributed by atoms with Gasteiger partial charge in [0.25, 0.3) is 0 Å². The summed E-state index contributed by atoms with van der Waals surface area (Å²) in [6, 6.07) is 16.3. The molecular formula is C19H20O2. The molecule has 0 saturated heterocycles. The molecule has 1 N–H and O–H groups in total. The maximum atomic E-state index is 10.5. The Hall–Kier alpha value is -2.06. The quantitative estimate of drug-likeness (QED) is 0.742. The molecule has 1 heterocycles. The van der Waals surface area contributed by atoms with Crippen molar-refractivity contribution in [2.24, 2.45) is 0 Å². The molecule has 2 aromatic carbocycles. The molecule has 0 aliphatic heterocycles. The molecule has 0 amide bonds. The van der Waals surface area contributed by atoms with Crippen molar-refractivity contribution in [3.8, 4) is 0 Å². The Labute approximate surface area is 125 Å². The molecule has 2 heteroatoms. The summed E-state index contributed by atoms with van der Waals surface area (Å²) in [4.78, 5) is 0. The van der Waals surface area contributed by atoms with Gasteiger partial charge in [-0.1, -0.05) is 56.3 Å². The van der Waals surface area contributed by atoms with Crippen LogP contribution < -0.4 is 0 Å². The van der Waals surface area contributed by atoms with Crippen molar-refractivity contribution in [1.29, 1.82) is 0 Å². The van der Waals surface area contributed by atoms with Crippen LogP contribution in [0.3, 0.4) is 0 Å². The molecule has 0 aliphatic rings. The zero-order valence-electron chi connectivity index (χ0n) is 12.4. The zero-order valence-corrected chi connectivity index (χ0v) is 12.4. The van der Waals surface area contributed by atoms with Gasteiger partial charge in [-0.05, 0) is 23.1 Å². The third-order valence-electron chi connectivity index (χ3n) is 3.95. The summed E-state index contributed by atoms with van der Waals surface area (Å²) in [7, 11) is 0. The van der Waals surface area contributed by atoms with Crippen LogP contribution in [0.5, 0.6) is 0 Å². The third-order valence-corrected chi connectivity index (χ3v) is 3.95. The molecule has 3 rings (SSSR count). The lowest BCUT2D eigenvalue weighted by Gasteiger charge is -2.11. The SMILES string of the molecule is CC(C)c1ccc(CC(O)c2coc3ccccc23)cc1. The maximum absolute atomic E-state index is 10.5. The molecule has 0 spiro atoms. The van der Waals surface area contributed by atoms with E-state index in [1.165, 1.54) is 5.56 Å². The van der Waals surface area contributed by atoms with E-state index in [0.29, 0.717) is 12.3 Å². The molecular weight excluding hydrogens is 260 g/mol. The minimum atomic E-state index is -0.543. The van der Waals surface area contributed by atoms with Crippen LogP contribution in [-0.2, 0) is 6.42 Å². The van der Waals surface area contributed by atoms with Gasteiger partial charge in [-0.15, -0.1) is 0 Å². The van der Waals surface area contributed by atoms with Gasteiger partial charge in [0.05, 0.1) is 12.4 Å². The number of para-hydroxylation sites is 1. The molecule has 0 saturated carbocycles. The van der Waals surface area contributed by atoms with Crippen LogP contribution in [0.1, 0.15) is 42.6 Å². The van der Waals surface area contributed by atoms with Crippen LogP contribution in [0.4, 0.5) is 0 Å². The minimum Gasteiger partial charge on any atom is -0.464 e. The molecule has 3 aromatic rings. The second-order valence-corrected chi connectivity index (χ2v) is 5.80. The fraction of sp³-hybridized carbons (Fsp3) is 0.263. The van der Waals surface area contributed by atoms with E-state index < -0.39 is 6.10 Å². The third kappa shape index (κ3) is 2.86. The highest BCUT2D eigenvalue weighted by atomic mass is 16.3. The second-order valence-electron chi connectivity index (χ2n) is 5.80. The predicted octanol–water partition coefficient (Wildman–Crippen LogP) is 4.83. The number of aliphatic hydroxyl groups excluding tert-OH is 1. The van der Waals surface area contributed by atoms with Gasteiger partial charge >= 0.3 is 0 Å². The number of benzene rings is 2. The Morgan fingerprint density at radius 1 is 1.00 bits per heavy atom. The van der Waals surface area contributed by atoms with Gasteiger partial charge in [-0.3, -0.25) is 0 Å². The molecule has 108 valence electrons. The van der Waals surface area contributed by atoms with Gasteiger partial charge in [0.1, 0.15) is 5.58 Å². The first kappa shape index (κ1) is 13.9. The Morgan fingerprint density at radius 2 is 1.71 bits per heavy atom. The molecule has 1 atom stereocenters. The van der Waals surface area contributed by atoms with Crippen molar-refractivity contribution in [3.05, 3.63) is 71.5 Å². The van der Waals surface area contributed by atoms with Gasteiger partial charge in [-0.25, -0.2) is 0 Å². The van der Waals surface area contributed by atoms with Gasteiger partial charge < -0.3 is 9.52 Å². The van der Waals surface area contributed by atoms with Crippen molar-refractivity contribution >= 4 is 11.0 Å². The lowest BCUT2D eigenvalue weighted by molar-refractivity contribution is 0.179. The highest BCUT2D eigenvalue weighted by Gasteiger charge is 2.15. The molecule has 0 aliphatic carbocycles. The lowest BCUT2D eigenvalue weighted by atomic mass is 9.97. The van der Waals surface area contributed by atoms with Crippen molar-refractivity contribution < 1.29 is 9.52 Å². The molecule has 1 unspecified atom stereocenters. The van der Waals surface area contributed by atoms with Gasteiger partial charge in [0.2, 0.25) is 0 Å². The van der Waals surface area contributed by atoms with E-state index in [4.69, 9.17) is 4.42 Å². The van der Waals surface area contributed by atoms with Crippen LogP contribution in [-0.4, -0.2) is 5.11 Å². The predicted molar refractivity (Wildman–Crippen MR) is 85.4 cm³/mol. The first-order chi connectivity index (χ1) is 10.1. The number of hydrogen-bond acceptors (Lipinski definition) is 2. The average Bonchev–Trinajstić information content (AvgIpc) is 2.92. The Kier molecular flexibility index (Phi) is 3.80. The van der Waals surface area contributed by atoms with Gasteiger partial charge in [0.15, 0.2) is 0 Å². The summed E-state index contributed by atoms with van der Waals surface area (Å²) in [6.07, 6.45) is 1.72. The molecule has 1 aromatic heterocycles. The van der Waals surface area contributed by atoms with Crippen molar-refractivity contribution in [2.75, 3.05) is 0 Å². The normalized spacial score (nSPS) is 13.0. The Morgan fingerprint density at radius 3 is 2.43 bits per heavy atom. The lowest BCUT2D eigenvalue weighted by Crippen LogP contribution is -2.01. The highest BCUT2D eigenvalue weighted by molar-refractivity contribution is 5.81. The van der Waals surface area contributed by atoms with E-state index in [0.717, 1.165) is 22.1 Å². The van der Waals surface area contributed by atoms with Gasteiger partial charge in [0, 0.05) is 17.4 Å². The largest absolute Gasteiger partial charge is 0.464 e.